The van der Waals surface area contributed by atoms with Gasteiger partial charge in [-0.15, -0.1) is 0 Å². The number of hydrogen-bond acceptors (Lipinski definition) is 7. The minimum atomic E-state index is -0.147. The van der Waals surface area contributed by atoms with Gasteiger partial charge in [0.2, 0.25) is 5.95 Å². The van der Waals surface area contributed by atoms with Gasteiger partial charge in [0.1, 0.15) is 5.75 Å². The van der Waals surface area contributed by atoms with E-state index in [1.54, 1.807) is 12.4 Å². The van der Waals surface area contributed by atoms with Crippen LogP contribution in [0.5, 0.6) is 5.75 Å². The van der Waals surface area contributed by atoms with Crippen molar-refractivity contribution in [2.75, 3.05) is 17.2 Å². The SMILES string of the molecule is CCC(CO)Nc1nc(NCc2cc(C)ccc2O)c2ncn(Cc3ccccc3)c2n1. The van der Waals surface area contributed by atoms with Gasteiger partial charge >= 0.3 is 0 Å². The second kappa shape index (κ2) is 9.65. The van der Waals surface area contributed by atoms with Crippen LogP contribution in [0.4, 0.5) is 11.8 Å². The average Bonchev–Trinajstić information content (AvgIpc) is 3.21. The third-order valence-corrected chi connectivity index (χ3v) is 5.39. The lowest BCUT2D eigenvalue weighted by Crippen LogP contribution is -2.24. The summed E-state index contributed by atoms with van der Waals surface area (Å²) in [5, 5.41) is 26.3. The Kier molecular flexibility index (Phi) is 6.51. The molecular formula is C24H28N6O2. The molecule has 4 rings (SSSR count). The highest BCUT2D eigenvalue weighted by Crippen LogP contribution is 2.25. The molecule has 8 nitrogen and oxygen atoms in total. The Balaban J connectivity index is 1.70. The van der Waals surface area contributed by atoms with Crippen molar-refractivity contribution in [1.29, 1.82) is 0 Å². The molecule has 0 aliphatic heterocycles. The Morgan fingerprint density at radius 3 is 2.66 bits per heavy atom. The Morgan fingerprint density at radius 2 is 1.91 bits per heavy atom. The number of phenols is 1. The zero-order chi connectivity index (χ0) is 22.5. The molecule has 0 amide bonds. The first kappa shape index (κ1) is 21.6. The second-order valence-electron chi connectivity index (χ2n) is 7.84. The number of imidazole rings is 1. The third-order valence-electron chi connectivity index (χ3n) is 5.39. The van der Waals surface area contributed by atoms with Gasteiger partial charge in [-0.05, 0) is 25.0 Å². The van der Waals surface area contributed by atoms with Crippen LogP contribution in [0.2, 0.25) is 0 Å². The number of aromatic hydroxyl groups is 1. The van der Waals surface area contributed by atoms with Gasteiger partial charge < -0.3 is 25.4 Å². The normalized spacial score (nSPS) is 12.1. The molecule has 8 heteroatoms. The zero-order valence-corrected chi connectivity index (χ0v) is 18.3. The average molecular weight is 433 g/mol. The molecule has 0 radical (unpaired) electrons. The number of fused-ring (bicyclic) bond motifs is 1. The predicted molar refractivity (Wildman–Crippen MR) is 126 cm³/mol. The van der Waals surface area contributed by atoms with Gasteiger partial charge in [0.15, 0.2) is 17.0 Å². The number of nitrogens with one attached hydrogen (secondary N) is 2. The van der Waals surface area contributed by atoms with Crippen molar-refractivity contribution in [2.24, 2.45) is 0 Å². The van der Waals surface area contributed by atoms with E-state index in [9.17, 15) is 10.2 Å². The molecule has 0 bridgehead atoms. The first-order chi connectivity index (χ1) is 15.6. The van der Waals surface area contributed by atoms with Crippen LogP contribution in [0.15, 0.2) is 54.9 Å². The van der Waals surface area contributed by atoms with Crippen LogP contribution >= 0.6 is 0 Å². The van der Waals surface area contributed by atoms with Gasteiger partial charge in [0, 0.05) is 12.1 Å². The third kappa shape index (κ3) is 4.81. The molecule has 0 aliphatic carbocycles. The summed E-state index contributed by atoms with van der Waals surface area (Å²) in [5.41, 5.74) is 4.32. The highest BCUT2D eigenvalue weighted by Gasteiger charge is 2.16. The highest BCUT2D eigenvalue weighted by atomic mass is 16.3. The number of benzene rings is 2. The molecule has 2 heterocycles. The predicted octanol–water partition coefficient (Wildman–Crippen LogP) is 3.68. The summed E-state index contributed by atoms with van der Waals surface area (Å²) in [7, 11) is 0. The molecule has 0 saturated carbocycles. The van der Waals surface area contributed by atoms with Gasteiger partial charge in [-0.2, -0.15) is 9.97 Å². The van der Waals surface area contributed by atoms with Crippen molar-refractivity contribution in [3.63, 3.8) is 0 Å². The fourth-order valence-electron chi connectivity index (χ4n) is 3.52. The number of aryl methyl sites for hydroxylation is 1. The van der Waals surface area contributed by atoms with Crippen LogP contribution in [-0.2, 0) is 13.1 Å². The molecule has 4 N–H and O–H groups in total. The molecule has 166 valence electrons. The Hall–Kier alpha value is -3.65. The molecule has 32 heavy (non-hydrogen) atoms. The van der Waals surface area contributed by atoms with Crippen molar-refractivity contribution in [2.45, 2.75) is 39.4 Å². The van der Waals surface area contributed by atoms with Crippen molar-refractivity contribution < 1.29 is 10.2 Å². The Bertz CT molecular complexity index is 1190. The van der Waals surface area contributed by atoms with Crippen LogP contribution in [-0.4, -0.2) is 42.4 Å². The monoisotopic (exact) mass is 432 g/mol. The van der Waals surface area contributed by atoms with Gasteiger partial charge in [-0.3, -0.25) is 0 Å². The van der Waals surface area contributed by atoms with E-state index >= 15 is 0 Å². The number of phenolic OH excluding ortho intramolecular Hbond substituents is 1. The van der Waals surface area contributed by atoms with Gasteiger partial charge in [-0.25, -0.2) is 4.98 Å². The van der Waals surface area contributed by atoms with E-state index in [2.05, 4.69) is 32.7 Å². The van der Waals surface area contributed by atoms with Crippen molar-refractivity contribution in [3.05, 3.63) is 71.5 Å². The van der Waals surface area contributed by atoms with E-state index in [0.29, 0.717) is 36.0 Å². The molecule has 0 spiro atoms. The lowest BCUT2D eigenvalue weighted by atomic mass is 10.1. The molecule has 1 unspecified atom stereocenters. The van der Waals surface area contributed by atoms with Gasteiger partial charge in [0.05, 0.1) is 25.5 Å². The fourth-order valence-corrected chi connectivity index (χ4v) is 3.52. The molecule has 0 fully saturated rings. The van der Waals surface area contributed by atoms with Crippen LogP contribution in [0.1, 0.15) is 30.0 Å². The van der Waals surface area contributed by atoms with Crippen molar-refractivity contribution >= 4 is 22.9 Å². The maximum atomic E-state index is 10.2. The summed E-state index contributed by atoms with van der Waals surface area (Å²) < 4.78 is 1.98. The lowest BCUT2D eigenvalue weighted by molar-refractivity contribution is 0.271. The number of anilines is 2. The van der Waals surface area contributed by atoms with E-state index in [1.165, 1.54) is 0 Å². The number of aliphatic hydroxyl groups excluding tert-OH is 1. The fraction of sp³-hybridized carbons (Fsp3) is 0.292. The summed E-state index contributed by atoms with van der Waals surface area (Å²) >= 11 is 0. The van der Waals surface area contributed by atoms with Crippen LogP contribution in [0.25, 0.3) is 11.2 Å². The quantitative estimate of drug-likeness (QED) is 0.319. The van der Waals surface area contributed by atoms with Crippen LogP contribution < -0.4 is 10.6 Å². The van der Waals surface area contributed by atoms with Crippen molar-refractivity contribution in [3.8, 4) is 5.75 Å². The largest absolute Gasteiger partial charge is 0.508 e. The highest BCUT2D eigenvalue weighted by molar-refractivity contribution is 5.84. The van der Waals surface area contributed by atoms with Crippen LogP contribution in [0.3, 0.4) is 0 Å². The van der Waals surface area contributed by atoms with Gasteiger partial charge in [0.25, 0.3) is 0 Å². The molecular weight excluding hydrogens is 404 g/mol. The number of aliphatic hydroxyl groups is 1. The minimum absolute atomic E-state index is 0.0128. The maximum absolute atomic E-state index is 10.2. The first-order valence-electron chi connectivity index (χ1n) is 10.7. The van der Waals surface area contributed by atoms with Crippen LogP contribution in [0, 0.1) is 6.92 Å². The first-order valence-corrected chi connectivity index (χ1v) is 10.7. The number of aromatic nitrogens is 4. The summed E-state index contributed by atoms with van der Waals surface area (Å²) in [5.74, 6) is 1.22. The standard InChI is InChI=1S/C24H28N6O2/c1-3-19(14-31)27-24-28-22(25-12-18-11-16(2)9-10-20(18)32)21-23(29-24)30(15-26-21)13-17-7-5-4-6-8-17/h4-11,15,19,31-32H,3,12-14H2,1-2H3,(H2,25,27,28,29). The van der Waals surface area contributed by atoms with E-state index in [1.807, 2.05) is 48.7 Å². The molecule has 4 aromatic rings. The molecule has 1 atom stereocenters. The smallest absolute Gasteiger partial charge is 0.227 e. The summed E-state index contributed by atoms with van der Waals surface area (Å²) in [6.45, 7) is 4.98. The van der Waals surface area contributed by atoms with E-state index in [-0.39, 0.29) is 18.4 Å². The lowest BCUT2D eigenvalue weighted by Gasteiger charge is -2.16. The number of hydrogen-bond donors (Lipinski definition) is 4. The van der Waals surface area contributed by atoms with Gasteiger partial charge in [-0.1, -0.05) is 55.0 Å². The second-order valence-corrected chi connectivity index (χ2v) is 7.84. The summed E-state index contributed by atoms with van der Waals surface area (Å²) in [6.07, 6.45) is 2.50. The Labute approximate surface area is 187 Å². The number of rotatable bonds is 9. The van der Waals surface area contributed by atoms with Crippen molar-refractivity contribution in [1.82, 2.24) is 19.5 Å². The topological polar surface area (TPSA) is 108 Å². The van der Waals surface area contributed by atoms with E-state index < -0.39 is 0 Å². The molecule has 0 saturated heterocycles. The summed E-state index contributed by atoms with van der Waals surface area (Å²) in [6, 6.07) is 15.5. The van der Waals surface area contributed by atoms with E-state index in [0.717, 1.165) is 23.1 Å². The molecule has 2 aromatic heterocycles. The maximum Gasteiger partial charge on any atom is 0.227 e. The zero-order valence-electron chi connectivity index (χ0n) is 18.3. The summed E-state index contributed by atoms with van der Waals surface area (Å²) in [4.78, 5) is 13.9. The molecule has 2 aromatic carbocycles. The number of nitrogens with zero attached hydrogens (tertiary/aromatic N) is 4. The Morgan fingerprint density at radius 1 is 1.09 bits per heavy atom. The van der Waals surface area contributed by atoms with E-state index in [4.69, 9.17) is 4.98 Å². The molecule has 0 aliphatic rings. The minimum Gasteiger partial charge on any atom is -0.508 e.